The van der Waals surface area contributed by atoms with Crippen LogP contribution in [0.2, 0.25) is 0 Å². The van der Waals surface area contributed by atoms with E-state index in [0.29, 0.717) is 44.0 Å². The largest absolute Gasteiger partial charge is 0.493 e. The van der Waals surface area contributed by atoms with Crippen LogP contribution in [0.1, 0.15) is 61.5 Å². The maximum atomic E-state index is 15.3. The van der Waals surface area contributed by atoms with E-state index in [9.17, 15) is 19.2 Å². The van der Waals surface area contributed by atoms with Crippen LogP contribution in [0.4, 0.5) is 14.9 Å². The SMILES string of the molecule is CC(C)n1c(=O)n(CC2CC2)c(=O)c2cc(NC(=O)N3CCC[C@@H](NC(=O)c4ccc5c(c4)CCO5)C3)c(F)cc21. The first-order chi connectivity index (χ1) is 19.7. The van der Waals surface area contributed by atoms with Gasteiger partial charge in [-0.15, -0.1) is 0 Å². The van der Waals surface area contributed by atoms with E-state index in [1.807, 2.05) is 19.9 Å². The third-order valence-electron chi connectivity index (χ3n) is 8.15. The number of aromatic nitrogens is 2. The molecular formula is C30H34FN5O5. The summed E-state index contributed by atoms with van der Waals surface area (Å²) < 4.78 is 23.5. The van der Waals surface area contributed by atoms with Gasteiger partial charge >= 0.3 is 11.7 Å². The van der Waals surface area contributed by atoms with Crippen molar-refractivity contribution < 1.29 is 18.7 Å². The highest BCUT2D eigenvalue weighted by atomic mass is 19.1. The Morgan fingerprint density at radius 3 is 2.68 bits per heavy atom. The van der Waals surface area contributed by atoms with Crippen LogP contribution >= 0.6 is 0 Å². The third kappa shape index (κ3) is 5.32. The van der Waals surface area contributed by atoms with Gasteiger partial charge in [-0.25, -0.2) is 14.0 Å². The van der Waals surface area contributed by atoms with Gasteiger partial charge in [-0.3, -0.25) is 18.7 Å². The number of nitrogens with zero attached hydrogens (tertiary/aromatic N) is 3. The number of nitrogens with one attached hydrogen (secondary N) is 2. The van der Waals surface area contributed by atoms with Gasteiger partial charge in [-0.05, 0) is 75.3 Å². The van der Waals surface area contributed by atoms with Crippen LogP contribution < -0.4 is 26.6 Å². The predicted octanol–water partition coefficient (Wildman–Crippen LogP) is 3.65. The predicted molar refractivity (Wildman–Crippen MR) is 152 cm³/mol. The van der Waals surface area contributed by atoms with Gasteiger partial charge in [0.1, 0.15) is 11.6 Å². The van der Waals surface area contributed by atoms with Crippen molar-refractivity contribution >= 4 is 28.5 Å². The number of rotatable bonds is 6. The maximum Gasteiger partial charge on any atom is 0.331 e. The molecule has 41 heavy (non-hydrogen) atoms. The van der Waals surface area contributed by atoms with E-state index in [4.69, 9.17) is 4.74 Å². The van der Waals surface area contributed by atoms with E-state index < -0.39 is 23.1 Å². The third-order valence-corrected chi connectivity index (χ3v) is 8.15. The van der Waals surface area contributed by atoms with Crippen molar-refractivity contribution in [3.05, 3.63) is 68.1 Å². The lowest BCUT2D eigenvalue weighted by Gasteiger charge is -2.33. The zero-order chi connectivity index (χ0) is 28.8. The second-order valence-corrected chi connectivity index (χ2v) is 11.6. The van der Waals surface area contributed by atoms with Crippen LogP contribution in [0.5, 0.6) is 5.75 Å². The number of piperidine rings is 1. The second kappa shape index (κ2) is 10.7. The van der Waals surface area contributed by atoms with E-state index in [-0.39, 0.29) is 41.1 Å². The average molecular weight is 564 g/mol. The molecule has 11 heteroatoms. The number of carbonyl (C=O) groups is 2. The molecule has 3 amide bonds. The molecule has 2 N–H and O–H groups in total. The number of ether oxygens (including phenoxy) is 1. The smallest absolute Gasteiger partial charge is 0.331 e. The number of fused-ring (bicyclic) bond motifs is 2. The molecule has 1 aliphatic carbocycles. The lowest BCUT2D eigenvalue weighted by atomic mass is 10.0. The van der Waals surface area contributed by atoms with E-state index in [2.05, 4.69) is 10.6 Å². The Kier molecular flexibility index (Phi) is 7.04. The van der Waals surface area contributed by atoms with Gasteiger partial charge in [-0.1, -0.05) is 0 Å². The average Bonchev–Trinajstić information content (AvgIpc) is 3.65. The minimum atomic E-state index is -0.735. The lowest BCUT2D eigenvalue weighted by Crippen LogP contribution is -2.50. The maximum absolute atomic E-state index is 15.3. The molecule has 0 unspecified atom stereocenters. The van der Waals surface area contributed by atoms with Crippen molar-refractivity contribution in [3.63, 3.8) is 0 Å². The molecule has 1 saturated carbocycles. The highest BCUT2D eigenvalue weighted by Gasteiger charge is 2.28. The molecule has 3 heterocycles. The number of hydrogen-bond acceptors (Lipinski definition) is 5. The minimum absolute atomic E-state index is 0.127. The molecule has 2 aliphatic heterocycles. The Morgan fingerprint density at radius 1 is 1.12 bits per heavy atom. The fourth-order valence-electron chi connectivity index (χ4n) is 5.78. The Bertz CT molecular complexity index is 1660. The second-order valence-electron chi connectivity index (χ2n) is 11.6. The molecule has 1 aromatic heterocycles. The Balaban J connectivity index is 1.20. The van der Waals surface area contributed by atoms with Gasteiger partial charge in [0.05, 0.1) is 23.2 Å². The summed E-state index contributed by atoms with van der Waals surface area (Å²) in [7, 11) is 0. The van der Waals surface area contributed by atoms with Crippen LogP contribution in [-0.4, -0.2) is 51.7 Å². The van der Waals surface area contributed by atoms with Crippen molar-refractivity contribution in [3.8, 4) is 5.75 Å². The molecule has 216 valence electrons. The Morgan fingerprint density at radius 2 is 1.93 bits per heavy atom. The van der Waals surface area contributed by atoms with E-state index >= 15 is 4.39 Å². The summed E-state index contributed by atoms with van der Waals surface area (Å²) in [5.74, 6) is 0.146. The molecule has 0 spiro atoms. The summed E-state index contributed by atoms with van der Waals surface area (Å²) in [5.41, 5.74) is 0.693. The fraction of sp³-hybridized carbons (Fsp3) is 0.467. The molecule has 0 bridgehead atoms. The van der Waals surface area contributed by atoms with Crippen molar-refractivity contribution in [2.75, 3.05) is 25.0 Å². The van der Waals surface area contributed by atoms with Crippen LogP contribution in [0.15, 0.2) is 39.9 Å². The van der Waals surface area contributed by atoms with Gasteiger partial charge in [0, 0.05) is 49.8 Å². The van der Waals surface area contributed by atoms with Gasteiger partial charge in [0.25, 0.3) is 11.5 Å². The van der Waals surface area contributed by atoms with Crippen molar-refractivity contribution in [1.29, 1.82) is 0 Å². The molecule has 1 saturated heterocycles. The van der Waals surface area contributed by atoms with E-state index in [1.165, 1.54) is 20.1 Å². The lowest BCUT2D eigenvalue weighted by molar-refractivity contribution is 0.0913. The number of halogens is 1. The summed E-state index contributed by atoms with van der Waals surface area (Å²) in [6.45, 7) is 5.28. The van der Waals surface area contributed by atoms with Crippen molar-refractivity contribution in [2.45, 2.75) is 64.6 Å². The number of anilines is 1. The first-order valence-electron chi connectivity index (χ1n) is 14.3. The zero-order valence-electron chi connectivity index (χ0n) is 23.2. The fourth-order valence-corrected chi connectivity index (χ4v) is 5.78. The number of likely N-dealkylation sites (tertiary alicyclic amines) is 1. The highest BCUT2D eigenvalue weighted by Crippen LogP contribution is 2.30. The quantitative estimate of drug-likeness (QED) is 0.475. The molecule has 3 aliphatic rings. The van der Waals surface area contributed by atoms with E-state index in [1.54, 1.807) is 12.1 Å². The summed E-state index contributed by atoms with van der Waals surface area (Å²) >= 11 is 0. The highest BCUT2D eigenvalue weighted by molar-refractivity contribution is 5.95. The van der Waals surface area contributed by atoms with E-state index in [0.717, 1.165) is 36.6 Å². The normalized spacial score (nSPS) is 18.3. The summed E-state index contributed by atoms with van der Waals surface area (Å²) in [6.07, 6.45) is 4.08. The number of amides is 3. The first kappa shape index (κ1) is 27.0. The molecule has 3 aromatic rings. The molecule has 6 rings (SSSR count). The minimum Gasteiger partial charge on any atom is -0.493 e. The number of hydrogen-bond donors (Lipinski definition) is 2. The summed E-state index contributed by atoms with van der Waals surface area (Å²) in [5, 5.41) is 5.81. The van der Waals surface area contributed by atoms with Crippen LogP contribution in [0.25, 0.3) is 10.9 Å². The number of carbonyl (C=O) groups excluding carboxylic acids is 2. The molecule has 1 atom stereocenters. The number of benzene rings is 2. The van der Waals surface area contributed by atoms with Crippen molar-refractivity contribution in [1.82, 2.24) is 19.4 Å². The molecular weight excluding hydrogens is 529 g/mol. The van der Waals surface area contributed by atoms with Gasteiger partial charge < -0.3 is 20.3 Å². The zero-order valence-corrected chi connectivity index (χ0v) is 23.2. The topological polar surface area (TPSA) is 115 Å². The summed E-state index contributed by atoms with van der Waals surface area (Å²) in [4.78, 5) is 54.1. The van der Waals surface area contributed by atoms with Gasteiger partial charge in [-0.2, -0.15) is 0 Å². The van der Waals surface area contributed by atoms with Crippen LogP contribution in [-0.2, 0) is 13.0 Å². The molecule has 0 radical (unpaired) electrons. The van der Waals surface area contributed by atoms with Gasteiger partial charge in [0.15, 0.2) is 0 Å². The molecule has 10 nitrogen and oxygen atoms in total. The van der Waals surface area contributed by atoms with Crippen LogP contribution in [0.3, 0.4) is 0 Å². The first-order valence-corrected chi connectivity index (χ1v) is 14.3. The van der Waals surface area contributed by atoms with Gasteiger partial charge in [0.2, 0.25) is 0 Å². The molecule has 2 fully saturated rings. The molecule has 2 aromatic carbocycles. The van der Waals surface area contributed by atoms with Crippen LogP contribution in [0, 0.1) is 11.7 Å². The van der Waals surface area contributed by atoms with Crippen molar-refractivity contribution in [2.24, 2.45) is 5.92 Å². The number of urea groups is 1. The Hall–Kier alpha value is -4.15. The standard InChI is InChI=1S/C30H34FN5O5/c1-17(2)36-25-14-23(31)24(13-22(25)28(38)35(30(36)40)15-18-5-6-18)33-29(39)34-10-3-4-21(16-34)32-27(37)20-7-8-26-19(12-20)9-11-41-26/h7-8,12-14,17-18,21H,3-6,9-11,15-16H2,1-2H3,(H,32,37)(H,33,39)/t21-/m1/s1. The monoisotopic (exact) mass is 563 g/mol. The Labute approximate surface area is 236 Å². The summed E-state index contributed by atoms with van der Waals surface area (Å²) in [6, 6.07) is 6.77.